The zero-order valence-corrected chi connectivity index (χ0v) is 11.3. The van der Waals surface area contributed by atoms with Crippen molar-refractivity contribution in [3.63, 3.8) is 0 Å². The SMILES string of the molecule is CCOCCCC1(CNC2CC2)CCOC1C. The molecule has 3 nitrogen and oxygen atoms in total. The molecule has 1 saturated carbocycles. The van der Waals surface area contributed by atoms with Gasteiger partial charge in [0.25, 0.3) is 0 Å². The molecule has 0 aromatic heterocycles. The minimum atomic E-state index is 0.361. The molecule has 2 aliphatic rings. The van der Waals surface area contributed by atoms with Crippen LogP contribution < -0.4 is 5.32 Å². The number of nitrogens with one attached hydrogen (secondary N) is 1. The van der Waals surface area contributed by atoms with Crippen LogP contribution in [-0.2, 0) is 9.47 Å². The summed E-state index contributed by atoms with van der Waals surface area (Å²) < 4.78 is 11.2. The van der Waals surface area contributed by atoms with Crippen molar-refractivity contribution in [1.29, 1.82) is 0 Å². The standard InChI is InChI=1S/C14H27NO2/c1-3-16-9-4-7-14(8-10-17-12(14)2)11-15-13-5-6-13/h12-13,15H,3-11H2,1-2H3. The summed E-state index contributed by atoms with van der Waals surface area (Å²) in [6.45, 7) is 8.09. The third-order valence-corrected chi connectivity index (χ3v) is 4.32. The highest BCUT2D eigenvalue weighted by Crippen LogP contribution is 2.39. The fourth-order valence-electron chi connectivity index (χ4n) is 2.77. The molecular formula is C14H27NO2. The lowest BCUT2D eigenvalue weighted by atomic mass is 9.77. The molecule has 2 atom stereocenters. The largest absolute Gasteiger partial charge is 0.382 e. The van der Waals surface area contributed by atoms with Crippen molar-refractivity contribution in [3.05, 3.63) is 0 Å². The molecule has 2 unspecified atom stereocenters. The Morgan fingerprint density at radius 3 is 2.82 bits per heavy atom. The molecule has 3 heteroatoms. The Kier molecular flexibility index (Phi) is 4.83. The van der Waals surface area contributed by atoms with E-state index in [0.29, 0.717) is 11.5 Å². The second kappa shape index (κ2) is 6.17. The van der Waals surface area contributed by atoms with Crippen LogP contribution in [0.3, 0.4) is 0 Å². The number of rotatable bonds is 8. The zero-order valence-electron chi connectivity index (χ0n) is 11.3. The third kappa shape index (κ3) is 3.67. The summed E-state index contributed by atoms with van der Waals surface area (Å²) in [6, 6.07) is 0.798. The molecule has 0 bridgehead atoms. The molecule has 1 saturated heterocycles. The summed E-state index contributed by atoms with van der Waals surface area (Å²) in [5, 5.41) is 3.69. The number of hydrogen-bond acceptors (Lipinski definition) is 3. The Balaban J connectivity index is 1.78. The second-order valence-electron chi connectivity index (χ2n) is 5.58. The van der Waals surface area contributed by atoms with Crippen molar-refractivity contribution >= 4 is 0 Å². The van der Waals surface area contributed by atoms with Gasteiger partial charge in [0, 0.05) is 37.8 Å². The molecule has 0 amide bonds. The van der Waals surface area contributed by atoms with Crippen LogP contribution in [0.1, 0.15) is 46.0 Å². The van der Waals surface area contributed by atoms with E-state index in [1.165, 1.54) is 25.7 Å². The molecule has 1 aliphatic heterocycles. The van der Waals surface area contributed by atoms with Crippen LogP contribution in [0.2, 0.25) is 0 Å². The second-order valence-corrected chi connectivity index (χ2v) is 5.58. The summed E-state index contributed by atoms with van der Waals surface area (Å²) in [7, 11) is 0. The van der Waals surface area contributed by atoms with Gasteiger partial charge in [0.15, 0.2) is 0 Å². The van der Waals surface area contributed by atoms with E-state index in [-0.39, 0.29) is 0 Å². The van der Waals surface area contributed by atoms with Crippen molar-refractivity contribution in [1.82, 2.24) is 5.32 Å². The van der Waals surface area contributed by atoms with E-state index in [1.54, 1.807) is 0 Å². The van der Waals surface area contributed by atoms with E-state index in [4.69, 9.17) is 9.47 Å². The van der Waals surface area contributed by atoms with Gasteiger partial charge in [-0.25, -0.2) is 0 Å². The summed E-state index contributed by atoms with van der Waals surface area (Å²) in [5.41, 5.74) is 0.361. The molecule has 2 rings (SSSR count). The Bertz CT molecular complexity index is 230. The van der Waals surface area contributed by atoms with Gasteiger partial charge >= 0.3 is 0 Å². The molecule has 100 valence electrons. The van der Waals surface area contributed by atoms with Gasteiger partial charge in [0.2, 0.25) is 0 Å². The fraction of sp³-hybridized carbons (Fsp3) is 1.00. The molecule has 17 heavy (non-hydrogen) atoms. The minimum absolute atomic E-state index is 0.361. The first-order valence-corrected chi connectivity index (χ1v) is 7.19. The highest BCUT2D eigenvalue weighted by atomic mass is 16.5. The first-order valence-electron chi connectivity index (χ1n) is 7.19. The molecule has 1 N–H and O–H groups in total. The van der Waals surface area contributed by atoms with E-state index in [0.717, 1.165) is 38.8 Å². The summed E-state index contributed by atoms with van der Waals surface area (Å²) in [5.74, 6) is 0. The van der Waals surface area contributed by atoms with Gasteiger partial charge < -0.3 is 14.8 Å². The lowest BCUT2D eigenvalue weighted by molar-refractivity contribution is 0.0500. The Morgan fingerprint density at radius 2 is 2.24 bits per heavy atom. The van der Waals surface area contributed by atoms with Crippen molar-refractivity contribution in [2.75, 3.05) is 26.4 Å². The van der Waals surface area contributed by atoms with Crippen LogP contribution in [0.15, 0.2) is 0 Å². The van der Waals surface area contributed by atoms with E-state index in [2.05, 4.69) is 19.2 Å². The highest BCUT2D eigenvalue weighted by Gasteiger charge is 2.41. The van der Waals surface area contributed by atoms with Crippen molar-refractivity contribution in [2.45, 2.75) is 58.1 Å². The molecule has 2 fully saturated rings. The van der Waals surface area contributed by atoms with Crippen molar-refractivity contribution in [3.8, 4) is 0 Å². The van der Waals surface area contributed by atoms with Crippen molar-refractivity contribution < 1.29 is 9.47 Å². The van der Waals surface area contributed by atoms with Gasteiger partial charge in [-0.2, -0.15) is 0 Å². The molecule has 0 radical (unpaired) electrons. The monoisotopic (exact) mass is 241 g/mol. The summed E-state index contributed by atoms with van der Waals surface area (Å²) in [4.78, 5) is 0. The van der Waals surface area contributed by atoms with Gasteiger partial charge in [0.05, 0.1) is 6.10 Å². The lowest BCUT2D eigenvalue weighted by Crippen LogP contribution is -2.40. The Labute approximate surface area is 105 Å². The quantitative estimate of drug-likeness (QED) is 0.662. The zero-order chi connectivity index (χ0) is 12.1. The van der Waals surface area contributed by atoms with Gasteiger partial charge in [0.1, 0.15) is 0 Å². The van der Waals surface area contributed by atoms with E-state index < -0.39 is 0 Å². The van der Waals surface area contributed by atoms with Crippen LogP contribution in [0.25, 0.3) is 0 Å². The maximum Gasteiger partial charge on any atom is 0.0616 e. The first kappa shape index (κ1) is 13.3. The van der Waals surface area contributed by atoms with E-state index in [9.17, 15) is 0 Å². The molecular weight excluding hydrogens is 214 g/mol. The third-order valence-electron chi connectivity index (χ3n) is 4.32. The average Bonchev–Trinajstić information content (AvgIpc) is 3.09. The van der Waals surface area contributed by atoms with Gasteiger partial charge in [-0.15, -0.1) is 0 Å². The average molecular weight is 241 g/mol. The smallest absolute Gasteiger partial charge is 0.0616 e. The predicted octanol–water partition coefficient (Wildman–Crippen LogP) is 2.35. The van der Waals surface area contributed by atoms with Crippen LogP contribution in [0, 0.1) is 5.41 Å². The van der Waals surface area contributed by atoms with Gasteiger partial charge in [-0.3, -0.25) is 0 Å². The van der Waals surface area contributed by atoms with Crippen LogP contribution in [0.4, 0.5) is 0 Å². The van der Waals surface area contributed by atoms with Crippen LogP contribution >= 0.6 is 0 Å². The molecule has 0 spiro atoms. The van der Waals surface area contributed by atoms with E-state index in [1.807, 2.05) is 0 Å². The minimum Gasteiger partial charge on any atom is -0.382 e. The normalized spacial score (nSPS) is 33.2. The van der Waals surface area contributed by atoms with Crippen LogP contribution in [-0.4, -0.2) is 38.5 Å². The first-order chi connectivity index (χ1) is 8.27. The molecule has 1 heterocycles. The summed E-state index contributed by atoms with van der Waals surface area (Å²) in [6.07, 6.45) is 6.73. The number of hydrogen-bond donors (Lipinski definition) is 1. The predicted molar refractivity (Wildman–Crippen MR) is 69.2 cm³/mol. The molecule has 0 aromatic rings. The molecule has 0 aromatic carbocycles. The Morgan fingerprint density at radius 1 is 1.41 bits per heavy atom. The van der Waals surface area contributed by atoms with E-state index >= 15 is 0 Å². The molecule has 1 aliphatic carbocycles. The maximum atomic E-state index is 5.80. The van der Waals surface area contributed by atoms with Crippen molar-refractivity contribution in [2.24, 2.45) is 5.41 Å². The topological polar surface area (TPSA) is 30.5 Å². The van der Waals surface area contributed by atoms with Gasteiger partial charge in [-0.05, 0) is 46.0 Å². The van der Waals surface area contributed by atoms with Gasteiger partial charge in [-0.1, -0.05) is 0 Å². The lowest BCUT2D eigenvalue weighted by Gasteiger charge is -2.32. The fourth-order valence-corrected chi connectivity index (χ4v) is 2.77. The van der Waals surface area contributed by atoms with Crippen LogP contribution in [0.5, 0.6) is 0 Å². The number of ether oxygens (including phenoxy) is 2. The Hall–Kier alpha value is -0.120. The highest BCUT2D eigenvalue weighted by molar-refractivity contribution is 4.94. The summed E-state index contributed by atoms with van der Waals surface area (Å²) >= 11 is 0. The maximum absolute atomic E-state index is 5.80.